The van der Waals surface area contributed by atoms with Gasteiger partial charge in [-0.25, -0.2) is 4.39 Å². The molecule has 1 aliphatic heterocycles. The largest absolute Gasteiger partial charge is 0.493 e. The van der Waals surface area contributed by atoms with Crippen molar-refractivity contribution in [3.63, 3.8) is 0 Å². The Labute approximate surface area is 198 Å². The predicted octanol–water partition coefficient (Wildman–Crippen LogP) is 4.16. The summed E-state index contributed by atoms with van der Waals surface area (Å²) < 4.78 is 25.3. The van der Waals surface area contributed by atoms with Crippen LogP contribution in [0.25, 0.3) is 0 Å². The van der Waals surface area contributed by atoms with Crippen molar-refractivity contribution in [2.24, 2.45) is 28.8 Å². The average Bonchev–Trinajstić information content (AvgIpc) is 3.46. The quantitative estimate of drug-likeness (QED) is 0.236. The highest BCUT2D eigenvalue weighted by Crippen LogP contribution is 2.52. The number of fused-ring (bicyclic) bond motifs is 5. The minimum atomic E-state index is -0.299. The molecule has 0 N–H and O–H groups in total. The Morgan fingerprint density at radius 2 is 1.78 bits per heavy atom. The van der Waals surface area contributed by atoms with Crippen molar-refractivity contribution < 1.29 is 23.5 Å². The van der Waals surface area contributed by atoms with Crippen molar-refractivity contribution in [2.75, 3.05) is 7.11 Å². The molecule has 1 saturated carbocycles. The first-order valence-corrected chi connectivity index (χ1v) is 11.4. The van der Waals surface area contributed by atoms with Crippen LogP contribution in [0, 0.1) is 33.1 Å². The molecule has 2 aliphatic carbocycles. The molecule has 0 radical (unpaired) electrons. The maximum Gasteiger partial charge on any atom is 0.254 e. The second-order valence-electron chi connectivity index (χ2n) is 8.18. The Hall–Kier alpha value is -2.75. The van der Waals surface area contributed by atoms with Crippen LogP contribution in [0.5, 0.6) is 11.5 Å². The maximum absolute atomic E-state index is 13.1. The van der Waals surface area contributed by atoms with Crippen LogP contribution in [0.3, 0.4) is 0 Å². The summed E-state index contributed by atoms with van der Waals surface area (Å²) in [7, 11) is 1.54. The van der Waals surface area contributed by atoms with Crippen LogP contribution in [-0.2, 0) is 16.2 Å². The molecular formula is C24H20FIN2O4. The van der Waals surface area contributed by atoms with E-state index in [1.807, 2.05) is 6.07 Å². The van der Waals surface area contributed by atoms with Gasteiger partial charge in [0.2, 0.25) is 0 Å². The van der Waals surface area contributed by atoms with E-state index in [1.165, 1.54) is 25.5 Å². The van der Waals surface area contributed by atoms with E-state index in [2.05, 4.69) is 39.8 Å². The second-order valence-corrected chi connectivity index (χ2v) is 9.34. The number of halogens is 2. The Balaban J connectivity index is 1.33. The Bertz CT molecular complexity index is 1120. The monoisotopic (exact) mass is 546 g/mol. The Kier molecular flexibility index (Phi) is 5.48. The summed E-state index contributed by atoms with van der Waals surface area (Å²) in [6, 6.07) is 9.67. The highest BCUT2D eigenvalue weighted by molar-refractivity contribution is 14.1. The first kappa shape index (κ1) is 21.1. The van der Waals surface area contributed by atoms with Crippen molar-refractivity contribution >= 4 is 40.6 Å². The van der Waals surface area contributed by atoms with Gasteiger partial charge in [-0.3, -0.25) is 9.59 Å². The fourth-order valence-electron chi connectivity index (χ4n) is 4.82. The number of methoxy groups -OCH3 is 1. The van der Waals surface area contributed by atoms with Gasteiger partial charge in [0, 0.05) is 0 Å². The second kappa shape index (κ2) is 8.31. The van der Waals surface area contributed by atoms with Gasteiger partial charge in [0.05, 0.1) is 28.7 Å². The molecule has 6 nitrogen and oxygen atoms in total. The molecule has 0 unspecified atom stereocenters. The van der Waals surface area contributed by atoms with Gasteiger partial charge in [-0.15, -0.1) is 0 Å². The summed E-state index contributed by atoms with van der Waals surface area (Å²) in [5.41, 5.74) is 1.51. The summed E-state index contributed by atoms with van der Waals surface area (Å²) in [5.74, 6) is 0.0902. The molecule has 0 aromatic heterocycles. The predicted molar refractivity (Wildman–Crippen MR) is 124 cm³/mol. The smallest absolute Gasteiger partial charge is 0.254 e. The number of hydrazone groups is 1. The standard InChI is InChI=1S/C24H20FIN2O4/c1-31-19-9-14(8-18(26)22(19)32-12-13-2-6-17(25)7-3-13)11-27-28-23(29)20-15-4-5-16(10-15)21(20)24(28)30/h2-9,11,15-16,20-21H,10,12H2,1H3/t15-,16-,20-,21+/m0/s1. The molecule has 32 heavy (non-hydrogen) atoms. The zero-order valence-electron chi connectivity index (χ0n) is 17.2. The zero-order valence-corrected chi connectivity index (χ0v) is 19.4. The average molecular weight is 546 g/mol. The van der Waals surface area contributed by atoms with Crippen LogP contribution in [0.15, 0.2) is 53.7 Å². The van der Waals surface area contributed by atoms with Gasteiger partial charge < -0.3 is 9.47 Å². The van der Waals surface area contributed by atoms with Gasteiger partial charge in [-0.1, -0.05) is 24.3 Å². The van der Waals surface area contributed by atoms with E-state index in [1.54, 1.807) is 18.2 Å². The molecule has 2 fully saturated rings. The lowest BCUT2D eigenvalue weighted by Gasteiger charge is -2.14. The van der Waals surface area contributed by atoms with Crippen molar-refractivity contribution in [2.45, 2.75) is 13.0 Å². The van der Waals surface area contributed by atoms with Gasteiger partial charge in [-0.2, -0.15) is 10.1 Å². The van der Waals surface area contributed by atoms with E-state index in [4.69, 9.17) is 9.47 Å². The molecule has 164 valence electrons. The van der Waals surface area contributed by atoms with E-state index >= 15 is 0 Å². The SMILES string of the molecule is COc1cc(C=NN2C(=O)[C@@H]3[C@H](C2=O)[C@H]2C=C[C@H]3C2)cc(I)c1OCc1ccc(F)cc1. The third-order valence-corrected chi connectivity index (χ3v) is 7.12. The number of amides is 2. The maximum atomic E-state index is 13.1. The third kappa shape index (κ3) is 3.60. The lowest BCUT2D eigenvalue weighted by molar-refractivity contribution is -0.140. The molecule has 4 atom stereocenters. The first-order valence-electron chi connectivity index (χ1n) is 10.3. The fourth-order valence-corrected chi connectivity index (χ4v) is 5.60. The number of rotatable bonds is 6. The molecule has 2 aromatic carbocycles. The van der Waals surface area contributed by atoms with E-state index in [0.717, 1.165) is 20.6 Å². The van der Waals surface area contributed by atoms with Gasteiger partial charge >= 0.3 is 0 Å². The van der Waals surface area contributed by atoms with E-state index < -0.39 is 0 Å². The molecule has 2 amide bonds. The highest BCUT2D eigenvalue weighted by atomic mass is 127. The van der Waals surface area contributed by atoms with E-state index in [9.17, 15) is 14.0 Å². The number of hydrogen-bond donors (Lipinski definition) is 0. The highest BCUT2D eigenvalue weighted by Gasteiger charge is 2.59. The molecule has 2 aromatic rings. The van der Waals surface area contributed by atoms with Crippen molar-refractivity contribution in [1.82, 2.24) is 5.01 Å². The normalized spacial score (nSPS) is 25.8. The number of ether oxygens (including phenoxy) is 2. The lowest BCUT2D eigenvalue weighted by atomic mass is 9.85. The zero-order chi connectivity index (χ0) is 22.4. The topological polar surface area (TPSA) is 68.2 Å². The van der Waals surface area contributed by atoms with Gasteiger partial charge in [0.15, 0.2) is 11.5 Å². The van der Waals surface area contributed by atoms with Crippen molar-refractivity contribution in [3.8, 4) is 11.5 Å². The molecule has 1 heterocycles. The van der Waals surface area contributed by atoms with E-state index in [0.29, 0.717) is 17.1 Å². The molecule has 0 spiro atoms. The number of nitrogens with zero attached hydrogens (tertiary/aromatic N) is 2. The fraction of sp³-hybridized carbons (Fsp3) is 0.292. The van der Waals surface area contributed by atoms with Crippen molar-refractivity contribution in [1.29, 1.82) is 0 Å². The van der Waals surface area contributed by atoms with Gasteiger partial charge in [0.1, 0.15) is 12.4 Å². The van der Waals surface area contributed by atoms with Crippen molar-refractivity contribution in [3.05, 3.63) is 69.1 Å². The number of hydrogen-bond acceptors (Lipinski definition) is 5. The molecule has 3 aliphatic rings. The minimum absolute atomic E-state index is 0.153. The first-order chi connectivity index (χ1) is 15.5. The summed E-state index contributed by atoms with van der Waals surface area (Å²) in [4.78, 5) is 25.6. The van der Waals surface area contributed by atoms with Crippen LogP contribution >= 0.6 is 22.6 Å². The number of allylic oxidation sites excluding steroid dienone is 2. The van der Waals surface area contributed by atoms with Crippen LogP contribution in [0.4, 0.5) is 4.39 Å². The Morgan fingerprint density at radius 1 is 1.12 bits per heavy atom. The summed E-state index contributed by atoms with van der Waals surface area (Å²) in [5, 5.41) is 5.26. The van der Waals surface area contributed by atoms with E-state index in [-0.39, 0.29) is 47.9 Å². The summed E-state index contributed by atoms with van der Waals surface area (Å²) in [6.07, 6.45) is 6.50. The number of carbonyl (C=O) groups is 2. The minimum Gasteiger partial charge on any atom is -0.493 e. The van der Waals surface area contributed by atoms with Crippen LogP contribution in [0.1, 0.15) is 17.5 Å². The molecule has 1 saturated heterocycles. The lowest BCUT2D eigenvalue weighted by Crippen LogP contribution is -2.28. The molecule has 2 bridgehead atoms. The third-order valence-electron chi connectivity index (χ3n) is 6.32. The van der Waals surface area contributed by atoms with Crippen LogP contribution in [-0.4, -0.2) is 30.1 Å². The number of carbonyl (C=O) groups excluding carboxylic acids is 2. The summed E-state index contributed by atoms with van der Waals surface area (Å²) in [6.45, 7) is 0.260. The van der Waals surface area contributed by atoms with Crippen LogP contribution in [0.2, 0.25) is 0 Å². The molecule has 5 rings (SSSR count). The molecule has 8 heteroatoms. The summed E-state index contributed by atoms with van der Waals surface area (Å²) >= 11 is 2.13. The number of benzene rings is 2. The Morgan fingerprint density at radius 3 is 2.41 bits per heavy atom. The molecular weight excluding hydrogens is 526 g/mol. The van der Waals surface area contributed by atoms with Crippen LogP contribution < -0.4 is 9.47 Å². The number of imide groups is 1. The van der Waals surface area contributed by atoms with Gasteiger partial charge in [-0.05, 0) is 76.2 Å². The van der Waals surface area contributed by atoms with Gasteiger partial charge in [0.25, 0.3) is 11.8 Å².